The Labute approximate surface area is 187 Å². The lowest BCUT2D eigenvalue weighted by Crippen LogP contribution is -2.29. The number of halogens is 2. The van der Waals surface area contributed by atoms with E-state index in [2.05, 4.69) is 15.3 Å². The Balaban J connectivity index is 1.86. The Morgan fingerprint density at radius 1 is 1.27 bits per heavy atom. The number of pyridine rings is 1. The Bertz CT molecular complexity index is 1150. The zero-order valence-corrected chi connectivity index (χ0v) is 18.9. The first kappa shape index (κ1) is 22.6. The Morgan fingerprint density at radius 3 is 2.73 bits per heavy atom. The third kappa shape index (κ3) is 4.95. The molecule has 0 bridgehead atoms. The topological polar surface area (TPSA) is 86.1 Å². The molecule has 2 heterocycles. The number of methoxy groups -OCH3 is 1. The lowest BCUT2D eigenvalue weighted by Gasteiger charge is -2.18. The van der Waals surface area contributed by atoms with Crippen LogP contribution < -0.4 is 10.9 Å². The number of rotatable bonds is 7. The van der Waals surface area contributed by atoms with Crippen molar-refractivity contribution in [3.8, 4) is 0 Å². The fourth-order valence-corrected chi connectivity index (χ4v) is 4.18. The highest BCUT2D eigenvalue weighted by atomic mass is 35.5. The molecule has 0 saturated heterocycles. The van der Waals surface area contributed by atoms with Crippen molar-refractivity contribution < 1.29 is 9.53 Å². The van der Waals surface area contributed by atoms with Gasteiger partial charge in [0.05, 0.1) is 45.0 Å². The van der Waals surface area contributed by atoms with E-state index in [0.29, 0.717) is 33.4 Å². The number of nitrogens with one attached hydrogen (secondary N) is 1. The van der Waals surface area contributed by atoms with E-state index in [1.54, 1.807) is 36.8 Å². The van der Waals surface area contributed by atoms with Crippen LogP contribution >= 0.6 is 35.0 Å². The summed E-state index contributed by atoms with van der Waals surface area (Å²) in [4.78, 5) is 34.3. The molecule has 1 aromatic carbocycles. The van der Waals surface area contributed by atoms with Crippen LogP contribution in [0, 0.1) is 6.92 Å². The highest BCUT2D eigenvalue weighted by molar-refractivity contribution is 7.99. The van der Waals surface area contributed by atoms with Crippen molar-refractivity contribution in [3.63, 3.8) is 0 Å². The maximum absolute atomic E-state index is 13.0. The van der Waals surface area contributed by atoms with Gasteiger partial charge in [-0.05, 0) is 32.0 Å². The summed E-state index contributed by atoms with van der Waals surface area (Å²) in [5.74, 6) is -0.0743. The maximum Gasteiger partial charge on any atom is 0.262 e. The van der Waals surface area contributed by atoms with Gasteiger partial charge in [0, 0.05) is 7.11 Å². The van der Waals surface area contributed by atoms with Crippen molar-refractivity contribution in [1.82, 2.24) is 14.5 Å². The normalized spacial score (nSPS) is 12.2. The molecule has 10 heteroatoms. The summed E-state index contributed by atoms with van der Waals surface area (Å²) < 4.78 is 6.77. The number of carbonyl (C=O) groups is 1. The summed E-state index contributed by atoms with van der Waals surface area (Å²) in [5, 5.41) is 4.29. The van der Waals surface area contributed by atoms with E-state index < -0.39 is 0 Å². The molecule has 3 aromatic rings. The fraction of sp³-hybridized carbons (Fsp3) is 0.300. The molecule has 1 atom stereocenters. The third-order valence-corrected chi connectivity index (χ3v) is 5.94. The summed E-state index contributed by atoms with van der Waals surface area (Å²) in [6.45, 7) is 3.92. The summed E-state index contributed by atoms with van der Waals surface area (Å²) in [7, 11) is 1.57. The molecule has 3 rings (SSSR count). The largest absolute Gasteiger partial charge is 0.383 e. The van der Waals surface area contributed by atoms with E-state index in [0.717, 1.165) is 11.8 Å². The number of benzene rings is 1. The molecule has 158 valence electrons. The number of aromatic nitrogens is 3. The average molecular weight is 467 g/mol. The smallest absolute Gasteiger partial charge is 0.262 e. The van der Waals surface area contributed by atoms with Gasteiger partial charge in [-0.1, -0.05) is 47.1 Å². The van der Waals surface area contributed by atoms with Crippen LogP contribution in [0.4, 0.5) is 5.82 Å². The number of ether oxygens (including phenoxy) is 1. The van der Waals surface area contributed by atoms with Crippen LogP contribution in [0.2, 0.25) is 10.0 Å². The van der Waals surface area contributed by atoms with Gasteiger partial charge in [0.2, 0.25) is 5.91 Å². The van der Waals surface area contributed by atoms with Crippen molar-refractivity contribution in [1.29, 1.82) is 0 Å². The van der Waals surface area contributed by atoms with E-state index in [1.165, 1.54) is 6.07 Å². The molecular weight excluding hydrogens is 447 g/mol. The van der Waals surface area contributed by atoms with Gasteiger partial charge in [0.15, 0.2) is 11.0 Å². The SMILES string of the molecule is COCC(C)n1c(SCC(=O)Nc2nc(C)c(Cl)cc2Cl)nc2ccccc2c1=O. The monoisotopic (exact) mass is 466 g/mol. The summed E-state index contributed by atoms with van der Waals surface area (Å²) >= 11 is 13.3. The number of para-hydroxylation sites is 1. The van der Waals surface area contributed by atoms with Crippen molar-refractivity contribution in [3.05, 3.63) is 56.4 Å². The van der Waals surface area contributed by atoms with E-state index in [4.69, 9.17) is 27.9 Å². The van der Waals surface area contributed by atoms with Crippen LogP contribution in [0.1, 0.15) is 18.7 Å². The number of hydrogen-bond acceptors (Lipinski definition) is 6. The van der Waals surface area contributed by atoms with Crippen LogP contribution in [0.25, 0.3) is 10.9 Å². The molecule has 0 spiro atoms. The zero-order valence-electron chi connectivity index (χ0n) is 16.6. The highest BCUT2D eigenvalue weighted by Crippen LogP contribution is 2.26. The predicted octanol–water partition coefficient (Wildman–Crippen LogP) is 4.34. The Kier molecular flexibility index (Phi) is 7.36. The van der Waals surface area contributed by atoms with E-state index in [9.17, 15) is 9.59 Å². The number of carbonyl (C=O) groups excluding carboxylic acids is 1. The highest BCUT2D eigenvalue weighted by Gasteiger charge is 2.18. The van der Waals surface area contributed by atoms with Crippen LogP contribution in [0.3, 0.4) is 0 Å². The molecule has 0 aliphatic carbocycles. The van der Waals surface area contributed by atoms with Gasteiger partial charge in [-0.15, -0.1) is 0 Å². The van der Waals surface area contributed by atoms with Crippen molar-refractivity contribution in [2.45, 2.75) is 25.0 Å². The number of thioether (sulfide) groups is 1. The van der Waals surface area contributed by atoms with E-state index in [1.807, 2.05) is 13.0 Å². The van der Waals surface area contributed by atoms with Crippen molar-refractivity contribution in [2.75, 3.05) is 24.8 Å². The van der Waals surface area contributed by atoms with Gasteiger partial charge in [-0.25, -0.2) is 9.97 Å². The zero-order chi connectivity index (χ0) is 21.8. The Hall–Kier alpha value is -2.13. The van der Waals surface area contributed by atoms with Gasteiger partial charge in [-0.3, -0.25) is 14.2 Å². The first-order valence-electron chi connectivity index (χ1n) is 9.07. The van der Waals surface area contributed by atoms with Gasteiger partial charge in [-0.2, -0.15) is 0 Å². The molecule has 0 saturated carbocycles. The molecule has 1 amide bonds. The van der Waals surface area contributed by atoms with Gasteiger partial charge < -0.3 is 10.1 Å². The minimum absolute atomic E-state index is 0.0180. The first-order chi connectivity index (χ1) is 14.3. The molecule has 1 unspecified atom stereocenters. The first-order valence-corrected chi connectivity index (χ1v) is 10.8. The second-order valence-electron chi connectivity index (χ2n) is 6.61. The quantitative estimate of drug-likeness (QED) is 0.411. The summed E-state index contributed by atoms with van der Waals surface area (Å²) in [6, 6.07) is 8.39. The lowest BCUT2D eigenvalue weighted by molar-refractivity contribution is -0.113. The van der Waals surface area contributed by atoms with Crippen LogP contribution in [-0.2, 0) is 9.53 Å². The molecule has 0 fully saturated rings. The molecule has 2 aromatic heterocycles. The minimum atomic E-state index is -0.329. The summed E-state index contributed by atoms with van der Waals surface area (Å²) in [5.41, 5.74) is 0.956. The van der Waals surface area contributed by atoms with Gasteiger partial charge >= 0.3 is 0 Å². The fourth-order valence-electron chi connectivity index (χ4n) is 2.88. The van der Waals surface area contributed by atoms with Crippen LogP contribution in [0.15, 0.2) is 40.3 Å². The molecule has 1 N–H and O–H groups in total. The van der Waals surface area contributed by atoms with E-state index in [-0.39, 0.29) is 34.1 Å². The summed E-state index contributed by atoms with van der Waals surface area (Å²) in [6.07, 6.45) is 0. The van der Waals surface area contributed by atoms with Crippen LogP contribution in [-0.4, -0.2) is 39.9 Å². The minimum Gasteiger partial charge on any atom is -0.383 e. The van der Waals surface area contributed by atoms with E-state index >= 15 is 0 Å². The standard InChI is InChI=1S/C20H20Cl2N4O3S/c1-11(9-29-3)26-19(28)13-6-4-5-7-16(13)24-20(26)30-10-17(27)25-18-15(22)8-14(21)12(2)23-18/h4-8,11H,9-10H2,1-3H3,(H,23,25,27). The van der Waals surface area contributed by atoms with Gasteiger partial charge in [0.1, 0.15) is 0 Å². The second-order valence-corrected chi connectivity index (χ2v) is 8.37. The van der Waals surface area contributed by atoms with Gasteiger partial charge in [0.25, 0.3) is 5.56 Å². The van der Waals surface area contributed by atoms with Crippen molar-refractivity contribution in [2.24, 2.45) is 0 Å². The molecule has 0 aliphatic heterocycles. The molecule has 0 aliphatic rings. The number of anilines is 1. The molecule has 30 heavy (non-hydrogen) atoms. The number of fused-ring (bicyclic) bond motifs is 1. The number of amides is 1. The Morgan fingerprint density at radius 2 is 2.00 bits per heavy atom. The second kappa shape index (κ2) is 9.78. The number of hydrogen-bond donors (Lipinski definition) is 1. The van der Waals surface area contributed by atoms with Crippen molar-refractivity contribution >= 4 is 57.6 Å². The number of aryl methyl sites for hydroxylation is 1. The molecular formula is C20H20Cl2N4O3S. The lowest BCUT2D eigenvalue weighted by atomic mass is 10.2. The third-order valence-electron chi connectivity index (χ3n) is 4.32. The van der Waals surface area contributed by atoms with Crippen LogP contribution in [0.5, 0.6) is 0 Å². The molecule has 7 nitrogen and oxygen atoms in total. The number of nitrogens with zero attached hydrogens (tertiary/aromatic N) is 3. The maximum atomic E-state index is 13.0. The predicted molar refractivity (Wildman–Crippen MR) is 121 cm³/mol. The average Bonchev–Trinajstić information content (AvgIpc) is 2.70. The molecule has 0 radical (unpaired) electrons.